The van der Waals surface area contributed by atoms with Gasteiger partial charge in [-0.3, -0.25) is 10.1 Å². The van der Waals surface area contributed by atoms with E-state index in [9.17, 15) is 38.5 Å². The number of esters is 5. The number of nitrogens with one attached hydrogen (secondary N) is 1. The van der Waals surface area contributed by atoms with Gasteiger partial charge in [0.2, 0.25) is 0 Å². The molecule has 0 saturated heterocycles. The average molecular weight is 1930 g/mol. The fourth-order valence-corrected chi connectivity index (χ4v) is 19.7. The number of non-ortho nitro benzene ring substituents is 1. The van der Waals surface area contributed by atoms with Crippen LogP contribution in [0.25, 0.3) is 193 Å². The summed E-state index contributed by atoms with van der Waals surface area (Å²) in [5, 5.41) is 20.3. The number of pyridine rings is 10. The molecule has 16 aromatic heterocycles. The molecule has 0 atom stereocenters. The number of para-hydroxylation sites is 5. The van der Waals surface area contributed by atoms with Crippen LogP contribution in [-0.4, -0.2) is 127 Å². The van der Waals surface area contributed by atoms with E-state index in [2.05, 4.69) is 4.98 Å². The second kappa shape index (κ2) is 39.5. The molecule has 0 amide bonds. The molecule has 16 heterocycles. The van der Waals surface area contributed by atoms with E-state index in [0.717, 1.165) is 182 Å². The number of nitro groups is 1. The Morgan fingerprint density at radius 2 is 0.634 bits per heavy atom. The Hall–Kier alpha value is -18.8. The molecule has 9 aromatic carbocycles. The molecule has 0 bridgehead atoms. The van der Waals surface area contributed by atoms with Gasteiger partial charge in [-0.2, -0.15) is 0 Å². The lowest BCUT2D eigenvalue weighted by Gasteiger charge is -2.10. The number of ether oxygens (including phenoxy) is 6. The topological polar surface area (TPSA) is 286 Å². The van der Waals surface area contributed by atoms with Crippen LogP contribution >= 0.6 is 11.6 Å². The van der Waals surface area contributed by atoms with Crippen molar-refractivity contribution in [2.45, 2.75) is 27.7 Å². The number of H-pyrrole nitrogens is 1. The molecule has 1 N–H and O–H groups in total. The molecule has 710 valence electrons. The van der Waals surface area contributed by atoms with E-state index in [1.165, 1.54) is 31.4 Å². The van der Waals surface area contributed by atoms with Crippen LogP contribution in [0.2, 0.25) is 5.02 Å². The first-order chi connectivity index (χ1) is 71.0. The molecule has 0 radical (unpaired) electrons. The Labute approximate surface area is 830 Å². The zero-order chi connectivity index (χ0) is 99.8. The average Bonchev–Trinajstić information content (AvgIpc) is 1.59. The fraction of sp³-hybridized carbons (Fsp3) is 0.0847. The number of nitro benzene ring substituents is 1. The minimum Gasteiger partial charge on any atom is -0.497 e. The molecular weight excluding hydrogens is 1850 g/mol. The van der Waals surface area contributed by atoms with Gasteiger partial charge in [0.1, 0.15) is 17.3 Å². The summed E-state index contributed by atoms with van der Waals surface area (Å²) in [6.07, 6.45) is 11.5. The number of rotatable bonds is 16. The minimum absolute atomic E-state index is 0.00742. The number of carbonyl (C=O) groups excluding carboxylic acids is 5. The largest absolute Gasteiger partial charge is 0.497 e. The van der Waals surface area contributed by atoms with Crippen molar-refractivity contribution in [3.05, 3.63) is 407 Å². The van der Waals surface area contributed by atoms with Crippen LogP contribution in [0.1, 0.15) is 79.5 Å². The quantitative estimate of drug-likeness (QED) is 0.0407. The summed E-state index contributed by atoms with van der Waals surface area (Å²) in [5.74, 6) is -1.37. The zero-order valence-electron chi connectivity index (χ0n) is 78.9. The van der Waals surface area contributed by atoms with E-state index >= 15 is 0 Å². The van der Waals surface area contributed by atoms with Crippen LogP contribution in [0.5, 0.6) is 5.75 Å². The van der Waals surface area contributed by atoms with Gasteiger partial charge in [-0.1, -0.05) is 169 Å². The molecule has 25 rings (SSSR count). The molecule has 0 unspecified atom stereocenters. The number of benzene rings is 9. The molecule has 0 saturated carbocycles. The Bertz CT molecular complexity index is 9310. The third-order valence-corrected chi connectivity index (χ3v) is 25.7. The van der Waals surface area contributed by atoms with Crippen molar-refractivity contribution in [3.63, 3.8) is 0 Å². The van der Waals surface area contributed by atoms with Crippen LogP contribution in [-0.2, 0) is 23.7 Å². The first kappa shape index (κ1) is 92.5. The van der Waals surface area contributed by atoms with Gasteiger partial charge in [0.05, 0.1) is 185 Å². The Balaban J connectivity index is 0.000000107. The number of nitrogens with zero attached hydrogens (tertiary/aromatic N) is 11. The zero-order valence-corrected chi connectivity index (χ0v) is 79.6. The summed E-state index contributed by atoms with van der Waals surface area (Å²) in [5.41, 5.74) is 22.3. The number of carbonyl (C=O) groups is 5. The Kier molecular flexibility index (Phi) is 25.2. The molecule has 0 fully saturated rings. The van der Waals surface area contributed by atoms with E-state index in [0.29, 0.717) is 63.0 Å². The highest BCUT2D eigenvalue weighted by Gasteiger charge is 2.32. The second-order valence-electron chi connectivity index (χ2n) is 33.7. The van der Waals surface area contributed by atoms with Crippen LogP contribution in [0.4, 0.5) is 10.1 Å². The molecule has 0 aliphatic heterocycles. The van der Waals surface area contributed by atoms with E-state index < -0.39 is 10.9 Å². The molecule has 25 nitrogen and oxygen atoms in total. The maximum absolute atomic E-state index is 14.0. The molecule has 0 spiro atoms. The first-order valence-corrected chi connectivity index (χ1v) is 47.3. The van der Waals surface area contributed by atoms with Crippen molar-refractivity contribution >= 4 is 184 Å². The molecule has 145 heavy (non-hydrogen) atoms. The minimum atomic E-state index is -0.432. The lowest BCUT2D eigenvalue weighted by Crippen LogP contribution is -2.04. The fourth-order valence-electron chi connectivity index (χ4n) is 19.5. The predicted molar refractivity (Wildman–Crippen MR) is 566 cm³/mol. The number of hydrogen-bond donors (Lipinski definition) is 1. The second-order valence-corrected chi connectivity index (χ2v) is 34.1. The summed E-state index contributed by atoms with van der Waals surface area (Å²) < 4.78 is 56.1. The number of fused-ring (bicyclic) bond motifs is 25. The van der Waals surface area contributed by atoms with Crippen molar-refractivity contribution in [2.75, 3.05) is 40.6 Å². The van der Waals surface area contributed by atoms with Crippen LogP contribution in [0.15, 0.2) is 359 Å². The lowest BCUT2D eigenvalue weighted by atomic mass is 10.0. The van der Waals surface area contributed by atoms with Gasteiger partial charge in [-0.15, -0.1) is 0 Å². The van der Waals surface area contributed by atoms with Crippen LogP contribution < -0.4 is 4.74 Å². The van der Waals surface area contributed by atoms with Crippen molar-refractivity contribution in [1.82, 2.24) is 51.9 Å². The Morgan fingerprint density at radius 3 is 0.952 bits per heavy atom. The predicted octanol–water partition coefficient (Wildman–Crippen LogP) is 27.1. The SMILES string of the molecule is CCOC(=O)c1c2c3ccccc3nc(-c3ccc([N+](=O)[O-])cc3)c2n2ccccc12.CCOC(=O)c1c2c3ccccc3nc(-c3cccc(Cl)c3)c2n2ccccc12.CCOC(=O)c1c2c3ccccc3nc(-c3cccc(F)c3)c2n2ccccc12.CCOC(=O)c1c2c3ccccc3nc(-c3cccc(OC)c3)c2n2ccccc12.COC(=O)c1c2c3ccccc3nc(-c3ccc[nH]3)c2n2ccccc12. The van der Waals surface area contributed by atoms with Gasteiger partial charge >= 0.3 is 29.8 Å². The summed E-state index contributed by atoms with van der Waals surface area (Å²) in [7, 11) is 3.06. The summed E-state index contributed by atoms with van der Waals surface area (Å²) in [6.45, 7) is 8.38. The number of halogens is 2. The highest BCUT2D eigenvalue weighted by Crippen LogP contribution is 2.46. The maximum atomic E-state index is 14.0. The molecule has 0 aliphatic rings. The van der Waals surface area contributed by atoms with E-state index in [4.69, 9.17) is 64.9 Å². The third-order valence-electron chi connectivity index (χ3n) is 25.4. The number of hydrogen-bond acceptors (Lipinski definition) is 18. The van der Waals surface area contributed by atoms with Crippen LogP contribution in [0.3, 0.4) is 0 Å². The van der Waals surface area contributed by atoms with Gasteiger partial charge in [0, 0.05) is 130 Å². The van der Waals surface area contributed by atoms with E-state index in [1.807, 2.05) is 352 Å². The van der Waals surface area contributed by atoms with Crippen molar-refractivity contribution < 1.29 is 61.7 Å². The number of aromatic amines is 1. The normalized spacial score (nSPS) is 11.3. The first-order valence-electron chi connectivity index (χ1n) is 46.9. The van der Waals surface area contributed by atoms with Gasteiger partial charge in [0.25, 0.3) is 5.69 Å². The summed E-state index contributed by atoms with van der Waals surface area (Å²) in [4.78, 5) is 103. The van der Waals surface area contributed by atoms with Crippen molar-refractivity contribution in [3.8, 4) is 62.2 Å². The van der Waals surface area contributed by atoms with E-state index in [1.54, 1.807) is 39.2 Å². The van der Waals surface area contributed by atoms with Crippen LogP contribution in [0, 0.1) is 15.9 Å². The third kappa shape index (κ3) is 16.6. The lowest BCUT2D eigenvalue weighted by molar-refractivity contribution is -0.384. The molecular formula is C118H86ClFN12O13. The van der Waals surface area contributed by atoms with Crippen molar-refractivity contribution in [2.24, 2.45) is 0 Å². The van der Waals surface area contributed by atoms with E-state index in [-0.39, 0.29) is 48.6 Å². The van der Waals surface area contributed by atoms with Crippen molar-refractivity contribution in [1.29, 1.82) is 0 Å². The Morgan fingerprint density at radius 1 is 0.331 bits per heavy atom. The van der Waals surface area contributed by atoms with Gasteiger partial charge in [0.15, 0.2) is 0 Å². The molecule has 25 aromatic rings. The standard InChI is InChI=1S/C25H20N2O3.C24H17ClN2O2.C24H17FN2O2.C24H17N3O4.C21H15N3O2/c1-3-30-25(28)22-20-13-6-7-14-27(20)24-21(22)18-11-4-5-12-19(18)26-23(24)16-9-8-10-17(15-16)29-2;2*1-2-29-24(28)21-19-12-5-6-13-27(19)23-20(21)17-10-3-4-11-18(17)26-22(23)15-8-7-9-16(25)14-15;1-2-31-24(28)21-19-9-5-6-14-26(19)23-20(21)17-7-3-4-8-18(17)25-22(23)15-10-12-16(13-11-15)27(29)30;1-26-21(25)18-16-10-4-5-12-24(16)20-17(18)13-7-2-3-8-14(13)23-19(20)15-9-6-11-22-15/h4-15H,3H2,1-2H3;2*3-14H,2H2,1H3;3-14H,2H2,1H3;2-12,22H,1H3. The van der Waals surface area contributed by atoms with Gasteiger partial charge in [-0.05, 0) is 179 Å². The van der Waals surface area contributed by atoms with Gasteiger partial charge in [-0.25, -0.2) is 53.3 Å². The highest BCUT2D eigenvalue weighted by atomic mass is 35.5. The summed E-state index contributed by atoms with van der Waals surface area (Å²) >= 11 is 6.27. The number of aromatic nitrogens is 11. The highest BCUT2D eigenvalue weighted by molar-refractivity contribution is 6.31. The molecule has 27 heteroatoms. The maximum Gasteiger partial charge on any atom is 0.340 e. The smallest absolute Gasteiger partial charge is 0.340 e. The number of methoxy groups -OCH3 is 2. The van der Waals surface area contributed by atoms with Gasteiger partial charge < -0.3 is 55.4 Å². The monoisotopic (exact) mass is 1930 g/mol. The molecule has 0 aliphatic carbocycles. The summed E-state index contributed by atoms with van der Waals surface area (Å²) in [6, 6.07) is 99.6.